The minimum Gasteiger partial charge on any atom is -0.483 e. The van der Waals surface area contributed by atoms with E-state index in [0.29, 0.717) is 30.0 Å². The van der Waals surface area contributed by atoms with Crippen LogP contribution in [0.5, 0.6) is 5.75 Å². The first-order chi connectivity index (χ1) is 18.1. The maximum Gasteiger partial charge on any atom is 0.246 e. The van der Waals surface area contributed by atoms with Gasteiger partial charge >= 0.3 is 0 Å². The fraction of sp³-hybridized carbons (Fsp3) is 0.500. The number of ether oxygens (including phenoxy) is 2. The summed E-state index contributed by atoms with van der Waals surface area (Å²) in [6.07, 6.45) is 7.14. The number of nitrogens with one attached hydrogen (secondary N) is 1. The maximum absolute atomic E-state index is 11.8. The van der Waals surface area contributed by atoms with E-state index in [2.05, 4.69) is 33.9 Å². The van der Waals surface area contributed by atoms with Gasteiger partial charge < -0.3 is 19.7 Å². The summed E-state index contributed by atoms with van der Waals surface area (Å²) in [6.45, 7) is 8.93. The molecule has 0 aromatic carbocycles. The summed E-state index contributed by atoms with van der Waals surface area (Å²) in [5.41, 5.74) is 4.30. The molecular weight excluding hydrogens is 468 g/mol. The highest BCUT2D eigenvalue weighted by Crippen LogP contribution is 2.41. The van der Waals surface area contributed by atoms with E-state index in [-0.39, 0.29) is 11.8 Å². The molecule has 0 atom stereocenters. The van der Waals surface area contributed by atoms with Gasteiger partial charge in [0.05, 0.1) is 5.69 Å². The van der Waals surface area contributed by atoms with Crippen molar-refractivity contribution in [3.63, 3.8) is 0 Å². The van der Waals surface area contributed by atoms with Crippen molar-refractivity contribution in [1.29, 1.82) is 5.26 Å². The molecule has 1 amide bonds. The average molecular weight is 501 g/mol. The number of rotatable bonds is 4. The van der Waals surface area contributed by atoms with Crippen LogP contribution >= 0.6 is 0 Å². The van der Waals surface area contributed by atoms with Crippen LogP contribution in [0.3, 0.4) is 0 Å². The summed E-state index contributed by atoms with van der Waals surface area (Å²) in [7, 11) is 0. The van der Waals surface area contributed by atoms with Gasteiger partial charge in [-0.1, -0.05) is 6.58 Å². The van der Waals surface area contributed by atoms with E-state index in [4.69, 9.17) is 14.5 Å². The number of pyridine rings is 2. The van der Waals surface area contributed by atoms with Gasteiger partial charge in [-0.25, -0.2) is 9.97 Å². The first-order valence-corrected chi connectivity index (χ1v) is 13.2. The quantitative estimate of drug-likeness (QED) is 0.637. The zero-order chi connectivity index (χ0) is 25.4. The Bertz CT molecular complexity index is 1240. The monoisotopic (exact) mass is 500 g/mol. The predicted molar refractivity (Wildman–Crippen MR) is 138 cm³/mol. The van der Waals surface area contributed by atoms with Crippen molar-refractivity contribution in [1.82, 2.24) is 19.8 Å². The summed E-state index contributed by atoms with van der Waals surface area (Å²) in [5.74, 6) is 1.99. The number of carbonyl (C=O) groups is 1. The van der Waals surface area contributed by atoms with Crippen LogP contribution in [-0.4, -0.2) is 71.1 Å². The Hall–Kier alpha value is -3.48. The third-order valence-corrected chi connectivity index (χ3v) is 8.28. The van der Waals surface area contributed by atoms with Crippen molar-refractivity contribution in [3.05, 3.63) is 53.5 Å². The Kier molecular flexibility index (Phi) is 6.53. The van der Waals surface area contributed by atoms with Gasteiger partial charge in [-0.3, -0.25) is 9.69 Å². The number of hydrogen-bond acceptors (Lipinski definition) is 8. The fourth-order valence-electron chi connectivity index (χ4n) is 6.06. The molecule has 2 aromatic heterocycles. The first-order valence-electron chi connectivity index (χ1n) is 13.2. The molecule has 37 heavy (non-hydrogen) atoms. The van der Waals surface area contributed by atoms with Crippen molar-refractivity contribution in [3.8, 4) is 11.8 Å². The van der Waals surface area contributed by atoms with E-state index in [0.717, 1.165) is 87.8 Å². The lowest BCUT2D eigenvalue weighted by atomic mass is 9.89. The average Bonchev–Trinajstić information content (AvgIpc) is 3.11. The molecule has 0 spiro atoms. The van der Waals surface area contributed by atoms with Crippen LogP contribution in [-0.2, 0) is 16.1 Å². The molecule has 1 N–H and O–H groups in total. The number of hydrogen-bond donors (Lipinski definition) is 1. The van der Waals surface area contributed by atoms with Gasteiger partial charge in [0.1, 0.15) is 18.5 Å². The van der Waals surface area contributed by atoms with Crippen LogP contribution in [0.2, 0.25) is 0 Å². The number of carbonyl (C=O) groups excluding carboxylic acids is 1. The first kappa shape index (κ1) is 23.9. The summed E-state index contributed by atoms with van der Waals surface area (Å²) >= 11 is 0. The Morgan fingerprint density at radius 2 is 1.97 bits per heavy atom. The molecule has 6 heterocycles. The molecule has 0 unspecified atom stereocenters. The summed E-state index contributed by atoms with van der Waals surface area (Å²) in [5, 5.41) is 13.4. The van der Waals surface area contributed by atoms with Crippen LogP contribution in [0.1, 0.15) is 60.0 Å². The smallest absolute Gasteiger partial charge is 0.246 e. The normalized spacial score (nSPS) is 20.9. The van der Waals surface area contributed by atoms with Crippen LogP contribution in [0, 0.1) is 11.3 Å². The van der Waals surface area contributed by atoms with Crippen LogP contribution in [0.15, 0.2) is 31.0 Å². The van der Waals surface area contributed by atoms with E-state index in [1.54, 1.807) is 0 Å². The van der Waals surface area contributed by atoms with E-state index in [1.165, 1.54) is 11.6 Å². The van der Waals surface area contributed by atoms with Gasteiger partial charge in [-0.15, -0.1) is 0 Å². The molecule has 2 aromatic rings. The second kappa shape index (κ2) is 10.1. The molecule has 0 aliphatic carbocycles. The molecule has 0 radical (unpaired) electrons. The summed E-state index contributed by atoms with van der Waals surface area (Å²) in [4.78, 5) is 25.5. The molecule has 0 saturated carbocycles. The Morgan fingerprint density at radius 3 is 2.70 bits per heavy atom. The largest absolute Gasteiger partial charge is 0.483 e. The van der Waals surface area contributed by atoms with Crippen molar-refractivity contribution < 1.29 is 14.3 Å². The Morgan fingerprint density at radius 1 is 1.19 bits per heavy atom. The van der Waals surface area contributed by atoms with Crippen LogP contribution in [0.25, 0.3) is 0 Å². The highest BCUT2D eigenvalue weighted by molar-refractivity contribution is 5.87. The molecular formula is C28H32N6O3. The van der Waals surface area contributed by atoms with Gasteiger partial charge in [0, 0.05) is 55.7 Å². The number of fused-ring (bicyclic) bond motifs is 2. The summed E-state index contributed by atoms with van der Waals surface area (Å²) in [6, 6.07) is 6.82. The molecule has 9 heteroatoms. The number of amides is 1. The lowest BCUT2D eigenvalue weighted by molar-refractivity contribution is -0.133. The van der Waals surface area contributed by atoms with Gasteiger partial charge in [-0.2, -0.15) is 5.26 Å². The van der Waals surface area contributed by atoms with Crippen molar-refractivity contribution in [2.75, 3.05) is 44.7 Å². The van der Waals surface area contributed by atoms with E-state index >= 15 is 0 Å². The molecule has 0 bridgehead atoms. The topological polar surface area (TPSA) is 104 Å². The number of nitrogens with zero attached hydrogens (tertiary/aromatic N) is 5. The van der Waals surface area contributed by atoms with E-state index < -0.39 is 0 Å². The van der Waals surface area contributed by atoms with Crippen molar-refractivity contribution >= 4 is 17.4 Å². The molecule has 4 aliphatic rings. The third-order valence-electron chi connectivity index (χ3n) is 8.28. The molecule has 192 valence electrons. The Labute approximate surface area is 217 Å². The highest BCUT2D eigenvalue weighted by atomic mass is 16.5. The second-order valence-electron chi connectivity index (χ2n) is 10.3. The van der Waals surface area contributed by atoms with Crippen LogP contribution in [0.4, 0.5) is 11.5 Å². The van der Waals surface area contributed by atoms with Gasteiger partial charge in [0.25, 0.3) is 0 Å². The molecule has 6 rings (SSSR count). The molecule has 4 aliphatic heterocycles. The maximum atomic E-state index is 11.8. The van der Waals surface area contributed by atoms with Crippen LogP contribution < -0.4 is 10.1 Å². The number of nitriles is 1. The van der Waals surface area contributed by atoms with E-state index in [9.17, 15) is 10.1 Å². The zero-order valence-corrected chi connectivity index (χ0v) is 21.0. The number of piperidine rings is 1. The highest BCUT2D eigenvalue weighted by Gasteiger charge is 2.36. The second-order valence-corrected chi connectivity index (χ2v) is 10.3. The third kappa shape index (κ3) is 4.56. The zero-order valence-electron chi connectivity index (χ0n) is 21.0. The lowest BCUT2D eigenvalue weighted by Gasteiger charge is -2.47. The standard InChI is InChI=1S/C28H32N6O3/c1-2-26(35)34-15-20(16-34)33-9-4-19(5-10-33)23-13-24-27(25(14-29)31-23)37-17-22-21(3-8-30-28(22)32-24)18-6-11-36-12-7-18/h2-3,8,13,18-20H,1,4-7,9-12,15-17H2,(H,30,32). The van der Waals surface area contributed by atoms with Crippen molar-refractivity contribution in [2.24, 2.45) is 0 Å². The van der Waals surface area contributed by atoms with E-state index in [1.807, 2.05) is 17.2 Å². The molecule has 3 saturated heterocycles. The number of likely N-dealkylation sites (tertiary alicyclic amines) is 2. The molecule has 9 nitrogen and oxygen atoms in total. The fourth-order valence-corrected chi connectivity index (χ4v) is 6.06. The summed E-state index contributed by atoms with van der Waals surface area (Å²) < 4.78 is 11.8. The molecule has 3 fully saturated rings. The number of aromatic nitrogens is 2. The minimum absolute atomic E-state index is 0.00927. The number of anilines is 2. The SMILES string of the molecule is C=CC(=O)N1CC(N2CCC(c3cc4c(c(C#N)n3)OCc3c(C5CCOCC5)ccnc3N4)CC2)C1. The van der Waals surface area contributed by atoms with Gasteiger partial charge in [0.15, 0.2) is 11.4 Å². The van der Waals surface area contributed by atoms with Gasteiger partial charge in [-0.05, 0) is 68.5 Å². The van der Waals surface area contributed by atoms with Crippen molar-refractivity contribution in [2.45, 2.75) is 50.2 Å². The minimum atomic E-state index is 0.00927. The predicted octanol–water partition coefficient (Wildman–Crippen LogP) is 3.45. The lowest BCUT2D eigenvalue weighted by Crippen LogP contribution is -2.61. The Balaban J connectivity index is 1.19. The van der Waals surface area contributed by atoms with Gasteiger partial charge in [0.2, 0.25) is 5.91 Å².